The van der Waals surface area contributed by atoms with Crippen LogP contribution in [0.4, 0.5) is 0 Å². The van der Waals surface area contributed by atoms with Crippen LogP contribution in [0, 0.1) is 5.21 Å². The van der Waals surface area contributed by atoms with Gasteiger partial charge in [0, 0.05) is 22.2 Å². The molecule has 1 heterocycles. The quantitative estimate of drug-likeness (QED) is 0.355. The normalized spacial score (nSPS) is 11.2. The van der Waals surface area contributed by atoms with Crippen molar-refractivity contribution < 1.29 is 4.73 Å². The third kappa shape index (κ3) is 1.68. The van der Waals surface area contributed by atoms with Gasteiger partial charge in [-0.25, -0.2) is 4.98 Å². The van der Waals surface area contributed by atoms with Gasteiger partial charge in [0.05, 0.1) is 0 Å². The fourth-order valence-electron chi connectivity index (χ4n) is 1.78. The molecule has 2 aromatic carbocycles. The second-order valence-corrected chi connectivity index (χ2v) is 4.55. The number of halogens is 2. The van der Waals surface area contributed by atoms with Crippen molar-refractivity contribution in [2.75, 3.05) is 0 Å². The number of fused-ring (bicyclic) bond motifs is 2. The van der Waals surface area contributed by atoms with E-state index in [9.17, 15) is 5.21 Å². The van der Waals surface area contributed by atoms with Gasteiger partial charge < -0.3 is 5.21 Å². The number of hydrogen-bond acceptors (Lipinski definition) is 2. The molecule has 0 aliphatic carbocycles. The highest BCUT2D eigenvalue weighted by Crippen LogP contribution is 2.20. The monoisotopic (exact) mass is 264 g/mol. The molecular weight excluding hydrogens is 259 g/mol. The van der Waals surface area contributed by atoms with Gasteiger partial charge in [-0.2, -0.15) is 4.73 Å². The molecule has 0 fully saturated rings. The lowest BCUT2D eigenvalue weighted by molar-refractivity contribution is -0.548. The van der Waals surface area contributed by atoms with Gasteiger partial charge in [-0.05, 0) is 24.3 Å². The Morgan fingerprint density at radius 1 is 0.882 bits per heavy atom. The van der Waals surface area contributed by atoms with Gasteiger partial charge in [-0.3, -0.25) is 0 Å². The van der Waals surface area contributed by atoms with Crippen LogP contribution < -0.4 is 4.73 Å². The van der Waals surface area contributed by atoms with E-state index in [0.717, 1.165) is 4.73 Å². The van der Waals surface area contributed by atoms with Crippen molar-refractivity contribution >= 4 is 45.3 Å². The highest BCUT2D eigenvalue weighted by atomic mass is 35.5. The van der Waals surface area contributed by atoms with E-state index in [1.807, 2.05) is 0 Å². The largest absolute Gasteiger partial charge is 0.618 e. The molecule has 3 aromatic rings. The molecule has 0 amide bonds. The third-order valence-corrected chi connectivity index (χ3v) is 3.02. The maximum atomic E-state index is 12.1. The lowest BCUT2D eigenvalue weighted by atomic mass is 10.2. The maximum Gasteiger partial charge on any atom is 0.243 e. The Hall–Kier alpha value is -1.58. The summed E-state index contributed by atoms with van der Waals surface area (Å²) >= 11 is 11.8. The molecule has 0 bridgehead atoms. The molecule has 0 saturated carbocycles. The van der Waals surface area contributed by atoms with E-state index in [-0.39, 0.29) is 0 Å². The molecule has 0 aliphatic rings. The molecule has 0 atom stereocenters. The van der Waals surface area contributed by atoms with Crippen LogP contribution in [0.25, 0.3) is 22.1 Å². The minimum Gasteiger partial charge on any atom is -0.618 e. The first-order valence-electron chi connectivity index (χ1n) is 4.93. The summed E-state index contributed by atoms with van der Waals surface area (Å²) in [4.78, 5) is 4.37. The van der Waals surface area contributed by atoms with Gasteiger partial charge >= 0.3 is 0 Å². The number of aromatic nitrogens is 2. The summed E-state index contributed by atoms with van der Waals surface area (Å²) in [6.45, 7) is 0. The number of hydrogen-bond donors (Lipinski definition) is 0. The lowest BCUT2D eigenvalue weighted by Gasteiger charge is -2.05. The Kier molecular flexibility index (Phi) is 2.31. The third-order valence-electron chi connectivity index (χ3n) is 2.55. The van der Waals surface area contributed by atoms with E-state index in [1.54, 1.807) is 36.4 Å². The molecule has 3 nitrogen and oxygen atoms in total. The zero-order valence-corrected chi connectivity index (χ0v) is 10.0. The average molecular weight is 265 g/mol. The van der Waals surface area contributed by atoms with Crippen LogP contribution in [-0.2, 0) is 0 Å². The molecule has 5 heteroatoms. The van der Waals surface area contributed by atoms with E-state index >= 15 is 0 Å². The first kappa shape index (κ1) is 10.6. The van der Waals surface area contributed by atoms with Crippen LogP contribution in [0.3, 0.4) is 0 Å². The highest BCUT2D eigenvalue weighted by Gasteiger charge is 2.12. The van der Waals surface area contributed by atoms with Gasteiger partial charge in [-0.1, -0.05) is 23.2 Å². The minimum absolute atomic E-state index is 0.490. The fourth-order valence-corrected chi connectivity index (χ4v) is 2.11. The highest BCUT2D eigenvalue weighted by molar-refractivity contribution is 6.31. The second-order valence-electron chi connectivity index (χ2n) is 3.67. The Morgan fingerprint density at radius 3 is 1.82 bits per heavy atom. The number of nitrogens with zero attached hydrogens (tertiary/aromatic N) is 2. The van der Waals surface area contributed by atoms with Crippen LogP contribution in [0.15, 0.2) is 36.4 Å². The molecular formula is C12H6Cl2N2O. The summed E-state index contributed by atoms with van der Waals surface area (Å²) in [5.74, 6) is 0. The zero-order chi connectivity index (χ0) is 12.0. The Balaban J connectivity index is 2.52. The van der Waals surface area contributed by atoms with Gasteiger partial charge in [0.1, 0.15) is 11.0 Å². The van der Waals surface area contributed by atoms with Crippen molar-refractivity contribution in [1.29, 1.82) is 0 Å². The summed E-state index contributed by atoms with van der Waals surface area (Å²) in [5.41, 5.74) is 2.10. The van der Waals surface area contributed by atoms with Crippen LogP contribution >= 0.6 is 23.2 Å². The summed E-state index contributed by atoms with van der Waals surface area (Å²) in [6, 6.07) is 9.97. The minimum atomic E-state index is 0.490. The van der Waals surface area contributed by atoms with E-state index < -0.39 is 0 Å². The van der Waals surface area contributed by atoms with Crippen LogP contribution in [0.2, 0.25) is 10.0 Å². The maximum absolute atomic E-state index is 12.1. The topological polar surface area (TPSA) is 39.8 Å². The molecule has 84 valence electrons. The molecule has 0 saturated heterocycles. The van der Waals surface area contributed by atoms with Crippen molar-refractivity contribution in [3.05, 3.63) is 51.7 Å². The van der Waals surface area contributed by atoms with Crippen molar-refractivity contribution in [2.45, 2.75) is 0 Å². The summed E-state index contributed by atoms with van der Waals surface area (Å²) in [5, 5.41) is 13.2. The van der Waals surface area contributed by atoms with Crippen LogP contribution in [-0.4, -0.2) is 4.98 Å². The lowest BCUT2D eigenvalue weighted by Crippen LogP contribution is -2.28. The van der Waals surface area contributed by atoms with E-state index in [2.05, 4.69) is 4.98 Å². The summed E-state index contributed by atoms with van der Waals surface area (Å²) < 4.78 is 0.838. The Bertz CT molecular complexity index is 683. The van der Waals surface area contributed by atoms with E-state index in [0.29, 0.717) is 32.1 Å². The Morgan fingerprint density at radius 2 is 1.35 bits per heavy atom. The molecule has 0 spiro atoms. The van der Waals surface area contributed by atoms with Gasteiger partial charge in [0.2, 0.25) is 11.0 Å². The fraction of sp³-hybridized carbons (Fsp3) is 0. The SMILES string of the molecule is [O-][n+]1c2ccc(Cl)cc2nc2cc(Cl)ccc21. The average Bonchev–Trinajstić information content (AvgIpc) is 2.28. The standard InChI is InChI=1S/C12H6Cl2N2O/c13-7-1-3-11-9(5-7)15-10-6-8(14)2-4-12(10)16(11)17/h1-6H. The number of benzene rings is 2. The van der Waals surface area contributed by atoms with Gasteiger partial charge in [0.15, 0.2) is 0 Å². The van der Waals surface area contributed by atoms with Crippen molar-refractivity contribution in [3.8, 4) is 0 Å². The van der Waals surface area contributed by atoms with E-state index in [4.69, 9.17) is 23.2 Å². The summed E-state index contributed by atoms with van der Waals surface area (Å²) in [6.07, 6.45) is 0. The first-order valence-corrected chi connectivity index (χ1v) is 5.69. The summed E-state index contributed by atoms with van der Waals surface area (Å²) in [7, 11) is 0. The molecule has 17 heavy (non-hydrogen) atoms. The zero-order valence-electron chi connectivity index (χ0n) is 8.52. The number of rotatable bonds is 0. The van der Waals surface area contributed by atoms with Crippen molar-refractivity contribution in [2.24, 2.45) is 0 Å². The predicted octanol–water partition coefficient (Wildman–Crippen LogP) is 3.33. The van der Waals surface area contributed by atoms with Gasteiger partial charge in [0.25, 0.3) is 0 Å². The van der Waals surface area contributed by atoms with E-state index in [1.165, 1.54) is 0 Å². The van der Waals surface area contributed by atoms with Crippen molar-refractivity contribution in [3.63, 3.8) is 0 Å². The first-order chi connectivity index (χ1) is 8.15. The molecule has 0 aliphatic heterocycles. The molecule has 0 unspecified atom stereocenters. The molecule has 0 N–H and O–H groups in total. The second kappa shape index (κ2) is 3.72. The van der Waals surface area contributed by atoms with Gasteiger partial charge in [-0.15, -0.1) is 0 Å². The molecule has 3 rings (SSSR count). The van der Waals surface area contributed by atoms with Crippen LogP contribution in [0.1, 0.15) is 0 Å². The predicted molar refractivity (Wildman–Crippen MR) is 68.2 cm³/mol. The van der Waals surface area contributed by atoms with Crippen LogP contribution in [0.5, 0.6) is 0 Å². The smallest absolute Gasteiger partial charge is 0.243 e. The molecule has 1 aromatic heterocycles. The molecule has 0 radical (unpaired) electrons. The van der Waals surface area contributed by atoms with Crippen molar-refractivity contribution in [1.82, 2.24) is 4.98 Å². The Labute approximate surface area is 107 Å².